The van der Waals surface area contributed by atoms with E-state index in [0.717, 1.165) is 0 Å². The molecule has 1 amide bonds. The molecule has 1 unspecified atom stereocenters. The molecule has 2 N–H and O–H groups in total. The number of nitrogens with zero attached hydrogens (tertiary/aromatic N) is 1. The van der Waals surface area contributed by atoms with Gasteiger partial charge in [-0.3, -0.25) is 4.79 Å². The second-order valence-electron chi connectivity index (χ2n) is 5.45. The predicted molar refractivity (Wildman–Crippen MR) is 75.1 cm³/mol. The lowest BCUT2D eigenvalue weighted by molar-refractivity contribution is 0.0603. The van der Waals surface area contributed by atoms with Crippen molar-refractivity contribution in [1.82, 2.24) is 4.90 Å². The molecule has 1 rings (SSSR count). The Morgan fingerprint density at radius 1 is 1.17 bits per heavy atom. The predicted octanol–water partition coefficient (Wildman–Crippen LogP) is 2.73. The topological polar surface area (TPSA) is 46.3 Å². The highest BCUT2D eigenvalue weighted by molar-refractivity contribution is 5.94. The molecule has 0 aliphatic heterocycles. The van der Waals surface area contributed by atoms with Gasteiger partial charge in [0.05, 0.1) is 6.17 Å². The summed E-state index contributed by atoms with van der Waals surface area (Å²) in [5, 5.41) is 0. The van der Waals surface area contributed by atoms with Crippen LogP contribution in [0.4, 0.5) is 0 Å². The maximum absolute atomic E-state index is 12.5. The summed E-state index contributed by atoms with van der Waals surface area (Å²) in [5.41, 5.74) is 6.86. The van der Waals surface area contributed by atoms with E-state index in [1.807, 2.05) is 44.2 Å². The van der Waals surface area contributed by atoms with Gasteiger partial charge in [-0.25, -0.2) is 0 Å². The number of carbonyl (C=O) groups is 1. The second kappa shape index (κ2) is 6.55. The molecule has 0 spiro atoms. The summed E-state index contributed by atoms with van der Waals surface area (Å²) in [6.07, 6.45) is -0.236. The highest BCUT2D eigenvalue weighted by Crippen LogP contribution is 2.13. The number of rotatable bonds is 5. The normalized spacial score (nSPS) is 12.8. The Hall–Kier alpha value is -1.35. The summed E-state index contributed by atoms with van der Waals surface area (Å²) in [4.78, 5) is 14.3. The van der Waals surface area contributed by atoms with E-state index in [-0.39, 0.29) is 18.0 Å². The summed E-state index contributed by atoms with van der Waals surface area (Å²) < 4.78 is 0. The van der Waals surface area contributed by atoms with Crippen molar-refractivity contribution in [1.29, 1.82) is 0 Å². The number of hydrogen-bond donors (Lipinski definition) is 1. The first-order valence-corrected chi connectivity index (χ1v) is 6.55. The molecule has 0 aromatic heterocycles. The Balaban J connectivity index is 2.93. The Morgan fingerprint density at radius 3 is 2.17 bits per heavy atom. The van der Waals surface area contributed by atoms with Crippen LogP contribution in [-0.4, -0.2) is 23.5 Å². The lowest BCUT2D eigenvalue weighted by atomic mass is 10.1. The van der Waals surface area contributed by atoms with Gasteiger partial charge in [-0.2, -0.15) is 0 Å². The maximum atomic E-state index is 12.5. The number of nitrogens with two attached hydrogens (primary N) is 1. The van der Waals surface area contributed by atoms with Crippen molar-refractivity contribution >= 4 is 5.91 Å². The van der Waals surface area contributed by atoms with Crippen molar-refractivity contribution in [3.8, 4) is 0 Å². The average Bonchev–Trinajstić information content (AvgIpc) is 2.35. The quantitative estimate of drug-likeness (QED) is 0.814. The van der Waals surface area contributed by atoms with Gasteiger partial charge in [0.25, 0.3) is 5.91 Å². The molecule has 0 aliphatic rings. The Kier molecular flexibility index (Phi) is 5.35. The number of benzene rings is 1. The zero-order valence-corrected chi connectivity index (χ0v) is 11.8. The number of carbonyl (C=O) groups excluding carboxylic acids is 1. The Bertz CT molecular complexity index is 373. The van der Waals surface area contributed by atoms with E-state index in [4.69, 9.17) is 5.73 Å². The zero-order valence-electron chi connectivity index (χ0n) is 11.8. The van der Waals surface area contributed by atoms with Crippen LogP contribution in [0.2, 0.25) is 0 Å². The van der Waals surface area contributed by atoms with Crippen molar-refractivity contribution < 1.29 is 4.79 Å². The number of hydrogen-bond acceptors (Lipinski definition) is 2. The molecule has 1 aromatic carbocycles. The van der Waals surface area contributed by atoms with Crippen LogP contribution in [0.15, 0.2) is 30.3 Å². The molecular weight excluding hydrogens is 224 g/mol. The molecule has 0 heterocycles. The SMILES string of the molecule is CC(C)CN(C(=O)c1ccccc1)C(N)C(C)C. The molecule has 1 atom stereocenters. The van der Waals surface area contributed by atoms with Crippen molar-refractivity contribution in [2.75, 3.05) is 6.54 Å². The molecule has 0 fully saturated rings. The first-order valence-electron chi connectivity index (χ1n) is 6.55. The van der Waals surface area contributed by atoms with Crippen molar-refractivity contribution in [2.24, 2.45) is 17.6 Å². The first kappa shape index (κ1) is 14.7. The second-order valence-corrected chi connectivity index (χ2v) is 5.45. The van der Waals surface area contributed by atoms with E-state index in [2.05, 4.69) is 13.8 Å². The van der Waals surface area contributed by atoms with Gasteiger partial charge in [0.2, 0.25) is 0 Å². The van der Waals surface area contributed by atoms with Crippen molar-refractivity contribution in [3.05, 3.63) is 35.9 Å². The summed E-state index contributed by atoms with van der Waals surface area (Å²) in [7, 11) is 0. The highest BCUT2D eigenvalue weighted by atomic mass is 16.2. The summed E-state index contributed by atoms with van der Waals surface area (Å²) in [5.74, 6) is 0.671. The van der Waals surface area contributed by atoms with Gasteiger partial charge < -0.3 is 10.6 Å². The molecule has 18 heavy (non-hydrogen) atoms. The minimum atomic E-state index is -0.236. The Labute approximate surface area is 110 Å². The molecule has 1 aromatic rings. The van der Waals surface area contributed by atoms with Gasteiger partial charge in [-0.05, 0) is 24.0 Å². The molecule has 0 saturated heterocycles. The highest BCUT2D eigenvalue weighted by Gasteiger charge is 2.24. The van der Waals surface area contributed by atoms with Crippen LogP contribution in [0.25, 0.3) is 0 Å². The fraction of sp³-hybridized carbons (Fsp3) is 0.533. The lowest BCUT2D eigenvalue weighted by Crippen LogP contribution is -2.50. The smallest absolute Gasteiger partial charge is 0.255 e. The molecule has 100 valence electrons. The third-order valence-corrected chi connectivity index (χ3v) is 2.89. The van der Waals surface area contributed by atoms with Crippen molar-refractivity contribution in [3.63, 3.8) is 0 Å². The molecule has 0 radical (unpaired) electrons. The third kappa shape index (κ3) is 3.84. The van der Waals surface area contributed by atoms with Crippen LogP contribution >= 0.6 is 0 Å². The summed E-state index contributed by atoms with van der Waals surface area (Å²) in [6, 6.07) is 9.33. The van der Waals surface area contributed by atoms with Crippen LogP contribution in [0.5, 0.6) is 0 Å². The molecular formula is C15H24N2O. The fourth-order valence-electron chi connectivity index (χ4n) is 1.84. The monoisotopic (exact) mass is 248 g/mol. The van der Waals surface area contributed by atoms with E-state index in [1.54, 1.807) is 4.90 Å². The van der Waals surface area contributed by atoms with E-state index in [0.29, 0.717) is 18.0 Å². The van der Waals surface area contributed by atoms with Gasteiger partial charge in [-0.1, -0.05) is 45.9 Å². The maximum Gasteiger partial charge on any atom is 0.255 e. The third-order valence-electron chi connectivity index (χ3n) is 2.89. The molecule has 0 aliphatic carbocycles. The van der Waals surface area contributed by atoms with Gasteiger partial charge in [-0.15, -0.1) is 0 Å². The zero-order chi connectivity index (χ0) is 13.7. The number of amides is 1. The van der Waals surface area contributed by atoms with Gasteiger partial charge >= 0.3 is 0 Å². The van der Waals surface area contributed by atoms with Crippen molar-refractivity contribution in [2.45, 2.75) is 33.9 Å². The molecule has 3 nitrogen and oxygen atoms in total. The van der Waals surface area contributed by atoms with Crippen LogP contribution in [0.1, 0.15) is 38.1 Å². The largest absolute Gasteiger partial charge is 0.323 e. The van der Waals surface area contributed by atoms with Crippen LogP contribution < -0.4 is 5.73 Å². The molecule has 3 heteroatoms. The van der Waals surface area contributed by atoms with Crippen LogP contribution in [0, 0.1) is 11.8 Å². The molecule has 0 saturated carbocycles. The summed E-state index contributed by atoms with van der Waals surface area (Å²) >= 11 is 0. The lowest BCUT2D eigenvalue weighted by Gasteiger charge is -2.33. The van der Waals surface area contributed by atoms with Gasteiger partial charge in [0.1, 0.15) is 0 Å². The van der Waals surface area contributed by atoms with Crippen LogP contribution in [0.3, 0.4) is 0 Å². The Morgan fingerprint density at radius 2 is 1.72 bits per heavy atom. The average molecular weight is 248 g/mol. The van der Waals surface area contributed by atoms with Gasteiger partial charge in [0, 0.05) is 12.1 Å². The van der Waals surface area contributed by atoms with Gasteiger partial charge in [0.15, 0.2) is 0 Å². The van der Waals surface area contributed by atoms with E-state index in [9.17, 15) is 4.79 Å². The first-order chi connectivity index (χ1) is 8.43. The minimum absolute atomic E-state index is 0.0190. The standard InChI is InChI=1S/C15H24N2O/c1-11(2)10-17(14(16)12(3)4)15(18)13-8-6-5-7-9-13/h5-9,11-12,14H,10,16H2,1-4H3. The molecule has 0 bridgehead atoms. The fourth-order valence-corrected chi connectivity index (χ4v) is 1.84. The summed E-state index contributed by atoms with van der Waals surface area (Å²) in [6.45, 7) is 8.95. The van der Waals surface area contributed by atoms with E-state index >= 15 is 0 Å². The van der Waals surface area contributed by atoms with E-state index < -0.39 is 0 Å². The minimum Gasteiger partial charge on any atom is -0.323 e. The van der Waals surface area contributed by atoms with E-state index in [1.165, 1.54) is 0 Å². The van der Waals surface area contributed by atoms with Crippen LogP contribution in [-0.2, 0) is 0 Å².